The molecule has 0 saturated carbocycles. The van der Waals surface area contributed by atoms with Crippen molar-refractivity contribution in [3.8, 4) is 22.9 Å². The topological polar surface area (TPSA) is 143 Å². The van der Waals surface area contributed by atoms with Crippen LogP contribution in [0, 0.1) is 17.5 Å². The minimum Gasteiger partial charge on any atom is -0.481 e. The van der Waals surface area contributed by atoms with E-state index in [1.165, 1.54) is 24.3 Å². The van der Waals surface area contributed by atoms with Gasteiger partial charge in [0.25, 0.3) is 0 Å². The second-order valence-corrected chi connectivity index (χ2v) is 11.5. The lowest BCUT2D eigenvalue weighted by molar-refractivity contribution is -0.468. The molecule has 12 heteroatoms. The number of imidazole rings is 1. The van der Waals surface area contributed by atoms with Gasteiger partial charge in [0.2, 0.25) is 0 Å². The fraction of sp³-hybridized carbons (Fsp3) is 0.257. The summed E-state index contributed by atoms with van der Waals surface area (Å²) >= 11 is 0. The summed E-state index contributed by atoms with van der Waals surface area (Å²) in [6.45, 7) is 0.203. The predicted molar refractivity (Wildman–Crippen MR) is 172 cm³/mol. The van der Waals surface area contributed by atoms with Crippen LogP contribution in [0.2, 0.25) is 0 Å². The lowest BCUT2D eigenvalue weighted by Crippen LogP contribution is -2.68. The van der Waals surface area contributed by atoms with Crippen molar-refractivity contribution in [3.63, 3.8) is 0 Å². The van der Waals surface area contributed by atoms with Crippen LogP contribution in [-0.2, 0) is 17.8 Å². The Morgan fingerprint density at radius 3 is 2.81 bits per heavy atom. The molecule has 0 spiro atoms. The Bertz CT molecular complexity index is 1980. The van der Waals surface area contributed by atoms with E-state index in [0.717, 1.165) is 24.6 Å². The first-order valence-corrected chi connectivity index (χ1v) is 15.5. The van der Waals surface area contributed by atoms with Crippen molar-refractivity contribution in [2.24, 2.45) is 10.9 Å². The number of benzene rings is 3. The number of ether oxygens (including phenoxy) is 1. The molecule has 9 nitrogen and oxygen atoms in total. The average molecular weight is 644 g/mol. The lowest BCUT2D eigenvalue weighted by atomic mass is 9.88. The van der Waals surface area contributed by atoms with Gasteiger partial charge in [-0.1, -0.05) is 31.0 Å². The molecule has 6 N–H and O–H groups in total. The van der Waals surface area contributed by atoms with Crippen LogP contribution >= 0.6 is 0 Å². The number of aromatic nitrogens is 3. The highest BCUT2D eigenvalue weighted by molar-refractivity contribution is 6.28. The largest absolute Gasteiger partial charge is 0.481 e. The minimum atomic E-state index is -1.01. The number of halogens is 3. The second-order valence-electron chi connectivity index (χ2n) is 11.5. The molecular weight excluding hydrogens is 609 g/mol. The highest BCUT2D eigenvalue weighted by atomic mass is 19.1. The molecule has 0 aliphatic carbocycles. The third-order valence-corrected chi connectivity index (χ3v) is 8.48. The summed E-state index contributed by atoms with van der Waals surface area (Å²) in [6.07, 6.45) is 8.22. The number of rotatable bonds is 4. The fourth-order valence-electron chi connectivity index (χ4n) is 6.08. The SMILES string of the molecule is N/N=C1\C=[NH+]Cc2c(c(F)cc3[nH]ccc23)Oc2ccc(F)c(c2)-c2ncc([nH]2)C(c2cccc(CCC(=O)O)c2F)CCCCC1. The van der Waals surface area contributed by atoms with Crippen LogP contribution in [0.25, 0.3) is 22.3 Å². The maximum Gasteiger partial charge on any atom is 0.303 e. The molecule has 0 saturated heterocycles. The van der Waals surface area contributed by atoms with Crippen molar-refractivity contribution >= 4 is 28.8 Å². The van der Waals surface area contributed by atoms with Crippen molar-refractivity contribution in [2.75, 3.05) is 0 Å². The summed E-state index contributed by atoms with van der Waals surface area (Å²) in [4.78, 5) is 25.0. The normalized spacial score (nSPS) is 16.7. The predicted octanol–water partition coefficient (Wildman–Crippen LogP) is 5.85. The second kappa shape index (κ2) is 13.9. The number of hydrogen-bond donors (Lipinski definition) is 5. The van der Waals surface area contributed by atoms with Gasteiger partial charge in [0.05, 0.1) is 11.1 Å². The molecule has 1 aliphatic rings. The number of carboxylic acids is 1. The Morgan fingerprint density at radius 2 is 1.98 bits per heavy atom. The van der Waals surface area contributed by atoms with E-state index in [-0.39, 0.29) is 42.3 Å². The van der Waals surface area contributed by atoms with Gasteiger partial charge in [-0.05, 0) is 61.1 Å². The van der Waals surface area contributed by atoms with Crippen LogP contribution in [-0.4, -0.2) is 38.0 Å². The van der Waals surface area contributed by atoms with E-state index in [1.54, 1.807) is 36.8 Å². The van der Waals surface area contributed by atoms with E-state index in [0.29, 0.717) is 46.5 Å². The van der Waals surface area contributed by atoms with Crippen molar-refractivity contribution < 1.29 is 32.8 Å². The number of hydrazone groups is 1. The van der Waals surface area contributed by atoms with Gasteiger partial charge in [0.15, 0.2) is 24.3 Å². The summed E-state index contributed by atoms with van der Waals surface area (Å²) in [5.74, 6) is 2.94. The highest BCUT2D eigenvalue weighted by Crippen LogP contribution is 2.37. The van der Waals surface area contributed by atoms with E-state index < -0.39 is 29.3 Å². The van der Waals surface area contributed by atoms with Crippen molar-refractivity contribution in [3.05, 3.63) is 101 Å². The van der Waals surface area contributed by atoms with Crippen LogP contribution < -0.4 is 15.6 Å². The molecular formula is C35H34F3N6O3+. The summed E-state index contributed by atoms with van der Waals surface area (Å²) in [6, 6.07) is 12.2. The lowest BCUT2D eigenvalue weighted by Gasteiger charge is -2.18. The first-order valence-electron chi connectivity index (χ1n) is 15.5. The average Bonchev–Trinajstić information content (AvgIpc) is 3.73. The van der Waals surface area contributed by atoms with E-state index >= 15 is 13.2 Å². The number of aliphatic carboxylic acids is 1. The summed E-state index contributed by atoms with van der Waals surface area (Å²) < 4.78 is 52.7. The summed E-state index contributed by atoms with van der Waals surface area (Å²) in [7, 11) is 0. The Labute approximate surface area is 268 Å². The third-order valence-electron chi connectivity index (χ3n) is 8.48. The zero-order valence-corrected chi connectivity index (χ0v) is 25.5. The molecule has 6 rings (SSSR count). The Morgan fingerprint density at radius 1 is 1.11 bits per heavy atom. The fourth-order valence-corrected chi connectivity index (χ4v) is 6.08. The maximum absolute atomic E-state index is 15.9. The molecule has 0 fully saturated rings. The van der Waals surface area contributed by atoms with Crippen molar-refractivity contribution in [1.82, 2.24) is 15.0 Å². The molecule has 1 aliphatic heterocycles. The van der Waals surface area contributed by atoms with Gasteiger partial charge < -0.3 is 25.7 Å². The summed E-state index contributed by atoms with van der Waals surface area (Å²) in [5.41, 5.74) is 3.16. The van der Waals surface area contributed by atoms with Crippen LogP contribution in [0.4, 0.5) is 13.2 Å². The Hall–Kier alpha value is -5.39. The number of aromatic amines is 2. The zero-order chi connectivity index (χ0) is 32.9. The molecule has 1 atom stereocenters. The highest BCUT2D eigenvalue weighted by Gasteiger charge is 2.24. The number of carbonyl (C=O) groups is 1. The van der Waals surface area contributed by atoms with Crippen molar-refractivity contribution in [1.29, 1.82) is 0 Å². The standard InChI is InChI=1S/C35H33F3N6O3/c36-28-11-10-22-15-26(28)35-42-19-31(43-35)23(25-8-4-5-20(33(25)38)9-12-32(45)46)7-3-1-2-6-21(44-39)17-40-18-27-24-13-14-41-30(24)16-29(37)34(27)47-22/h4-5,8,10-11,13-17,19,23,41H,1-3,6-7,9,12,18,39H2,(H,42,43)(H,45,46)/p+1/b40-17?,44-21-. The van der Waals surface area contributed by atoms with E-state index in [9.17, 15) is 4.79 Å². The molecule has 3 aromatic carbocycles. The number of carboxylic acid groups (broad SMARTS) is 1. The first-order chi connectivity index (χ1) is 22.8. The molecule has 4 bridgehead atoms. The zero-order valence-electron chi connectivity index (χ0n) is 25.5. The van der Waals surface area contributed by atoms with Gasteiger partial charge in [-0.2, -0.15) is 5.10 Å². The molecule has 5 aromatic rings. The van der Waals surface area contributed by atoms with E-state index in [2.05, 4.69) is 25.0 Å². The van der Waals surface area contributed by atoms with Gasteiger partial charge in [0, 0.05) is 47.4 Å². The van der Waals surface area contributed by atoms with E-state index in [4.69, 9.17) is 15.7 Å². The van der Waals surface area contributed by atoms with Gasteiger partial charge in [-0.3, -0.25) is 4.79 Å². The molecule has 47 heavy (non-hydrogen) atoms. The summed E-state index contributed by atoms with van der Waals surface area (Å²) in [5, 5.41) is 13.8. The number of nitrogens with two attached hydrogens (primary N) is 1. The van der Waals surface area contributed by atoms with Crippen molar-refractivity contribution in [2.45, 2.75) is 57.4 Å². The van der Waals surface area contributed by atoms with Gasteiger partial charge in [0.1, 0.15) is 28.9 Å². The van der Waals surface area contributed by atoms with Crippen LogP contribution in [0.3, 0.4) is 0 Å². The van der Waals surface area contributed by atoms with Gasteiger partial charge >= 0.3 is 5.97 Å². The third kappa shape index (κ3) is 6.91. The number of fused-ring (bicyclic) bond motifs is 8. The number of aryl methyl sites for hydroxylation is 1. The van der Waals surface area contributed by atoms with Gasteiger partial charge in [-0.15, -0.1) is 0 Å². The first kappa shape index (κ1) is 31.6. The molecule has 2 aromatic heterocycles. The number of H-pyrrole nitrogens is 2. The molecule has 1 unspecified atom stereocenters. The van der Waals surface area contributed by atoms with Crippen LogP contribution in [0.5, 0.6) is 11.5 Å². The van der Waals surface area contributed by atoms with Crippen LogP contribution in [0.1, 0.15) is 66.8 Å². The molecule has 0 radical (unpaired) electrons. The molecule has 242 valence electrons. The maximum atomic E-state index is 15.9. The molecule has 3 heterocycles. The number of nitrogens with one attached hydrogen (secondary N) is 3. The van der Waals surface area contributed by atoms with E-state index in [1.807, 2.05) is 6.07 Å². The van der Waals surface area contributed by atoms with Crippen LogP contribution in [0.15, 0.2) is 66.0 Å². The quantitative estimate of drug-likeness (QED) is 0.123. The number of nitrogens with zero attached hydrogens (tertiary/aromatic N) is 2. The molecule has 0 amide bonds. The smallest absolute Gasteiger partial charge is 0.303 e. The number of hydrogen-bond acceptors (Lipinski definition) is 5. The minimum absolute atomic E-state index is 0.0156. The Balaban J connectivity index is 1.42. The van der Waals surface area contributed by atoms with Gasteiger partial charge in [-0.25, -0.2) is 23.1 Å². The Kier molecular flexibility index (Phi) is 9.37. The monoisotopic (exact) mass is 643 g/mol.